The Bertz CT molecular complexity index is 477. The van der Waals surface area contributed by atoms with E-state index < -0.39 is 36.5 Å². The molecule has 1 aliphatic heterocycles. The van der Waals surface area contributed by atoms with E-state index in [4.69, 9.17) is 14.2 Å². The van der Waals surface area contributed by atoms with Crippen LogP contribution in [0.15, 0.2) is 30.3 Å². The van der Waals surface area contributed by atoms with Crippen LogP contribution in [0, 0.1) is 5.92 Å². The Balaban J connectivity index is 2.00. The van der Waals surface area contributed by atoms with Gasteiger partial charge in [-0.15, -0.1) is 0 Å². The molecule has 1 saturated heterocycles. The second kappa shape index (κ2) is 7.69. The van der Waals surface area contributed by atoms with Crippen molar-refractivity contribution in [1.29, 1.82) is 0 Å². The number of aliphatic hydroxyl groups is 2. The van der Waals surface area contributed by atoms with Crippen molar-refractivity contribution in [2.45, 2.75) is 37.9 Å². The van der Waals surface area contributed by atoms with E-state index in [9.17, 15) is 15.0 Å². The predicted octanol–water partition coefficient (Wildman–Crippen LogP) is 0.501. The molecule has 0 aliphatic carbocycles. The van der Waals surface area contributed by atoms with Gasteiger partial charge in [-0.2, -0.15) is 0 Å². The number of rotatable bonds is 7. The highest BCUT2D eigenvalue weighted by Crippen LogP contribution is 2.27. The average Bonchev–Trinajstić information content (AvgIpc) is 2.80. The number of methoxy groups -OCH3 is 1. The number of hydrogen-bond donors (Lipinski definition) is 2. The smallest absolute Gasteiger partial charge is 0.335 e. The van der Waals surface area contributed by atoms with E-state index >= 15 is 0 Å². The lowest BCUT2D eigenvalue weighted by molar-refractivity contribution is -0.196. The molecule has 0 saturated carbocycles. The maximum absolute atomic E-state index is 11.4. The van der Waals surface area contributed by atoms with Crippen molar-refractivity contribution in [3.05, 3.63) is 35.9 Å². The maximum atomic E-state index is 11.4. The molecule has 1 aromatic rings. The molecule has 5 unspecified atom stereocenters. The minimum Gasteiger partial charge on any atom is -0.457 e. The summed E-state index contributed by atoms with van der Waals surface area (Å²) < 4.78 is 16.1. The zero-order chi connectivity index (χ0) is 16.1. The summed E-state index contributed by atoms with van der Waals surface area (Å²) in [5.74, 6) is -1.13. The van der Waals surface area contributed by atoms with Crippen molar-refractivity contribution in [2.24, 2.45) is 5.92 Å². The summed E-state index contributed by atoms with van der Waals surface area (Å²) in [6.07, 6.45) is -2.70. The van der Waals surface area contributed by atoms with Crippen LogP contribution in [-0.4, -0.2) is 54.5 Å². The Labute approximate surface area is 129 Å². The van der Waals surface area contributed by atoms with Gasteiger partial charge in [-0.3, -0.25) is 0 Å². The maximum Gasteiger partial charge on any atom is 0.335 e. The second-order valence-corrected chi connectivity index (χ2v) is 5.42. The topological polar surface area (TPSA) is 85.2 Å². The summed E-state index contributed by atoms with van der Waals surface area (Å²) in [5.41, 5.74) is 1.03. The summed E-state index contributed by atoms with van der Waals surface area (Å²) in [5, 5.41) is 19.2. The first-order valence-electron chi connectivity index (χ1n) is 7.28. The lowest BCUT2D eigenvalue weighted by Gasteiger charge is -2.28. The molecule has 1 aromatic carbocycles. The minimum atomic E-state index is -1.18. The number of aliphatic hydroxyl groups excluding tert-OH is 2. The summed E-state index contributed by atoms with van der Waals surface area (Å²) >= 11 is 0. The zero-order valence-electron chi connectivity index (χ0n) is 12.7. The van der Waals surface area contributed by atoms with Crippen LogP contribution in [0.5, 0.6) is 0 Å². The fourth-order valence-corrected chi connectivity index (χ4v) is 2.53. The number of esters is 1. The summed E-state index contributed by atoms with van der Waals surface area (Å²) in [7, 11) is 1.51. The highest BCUT2D eigenvalue weighted by atomic mass is 16.7. The number of benzene rings is 1. The Morgan fingerprint density at radius 3 is 2.50 bits per heavy atom. The predicted molar refractivity (Wildman–Crippen MR) is 78.0 cm³/mol. The zero-order valence-corrected chi connectivity index (χ0v) is 12.7. The molecule has 2 rings (SSSR count). The molecule has 0 amide bonds. The van der Waals surface area contributed by atoms with E-state index in [0.717, 1.165) is 5.56 Å². The number of ether oxygens (including phenoxy) is 3. The molecule has 0 radical (unpaired) electrons. The Hall–Kier alpha value is -1.47. The van der Waals surface area contributed by atoms with Gasteiger partial charge >= 0.3 is 5.97 Å². The Morgan fingerprint density at radius 1 is 1.32 bits per heavy atom. The van der Waals surface area contributed by atoms with Crippen LogP contribution in [-0.2, 0) is 25.4 Å². The quantitative estimate of drug-likeness (QED) is 0.563. The molecule has 122 valence electrons. The summed E-state index contributed by atoms with van der Waals surface area (Å²) in [4.78, 5) is 11.4. The van der Waals surface area contributed by atoms with Gasteiger partial charge in [-0.05, 0) is 5.56 Å². The summed E-state index contributed by atoms with van der Waals surface area (Å²) in [6.45, 7) is 1.36. The molecule has 6 nitrogen and oxygen atoms in total. The van der Waals surface area contributed by atoms with Gasteiger partial charge in [0.25, 0.3) is 0 Å². The third-order valence-electron chi connectivity index (χ3n) is 3.89. The molecule has 6 heteroatoms. The van der Waals surface area contributed by atoms with Crippen LogP contribution >= 0.6 is 0 Å². The van der Waals surface area contributed by atoms with Crippen LogP contribution < -0.4 is 0 Å². The fourth-order valence-electron chi connectivity index (χ4n) is 2.53. The van der Waals surface area contributed by atoms with Crippen molar-refractivity contribution in [2.75, 3.05) is 13.7 Å². The SMILES string of the molecule is COC(Cc1ccccc1)OC(CO)C1OC(=O)C(O)C1C. The van der Waals surface area contributed by atoms with Crippen molar-refractivity contribution >= 4 is 5.97 Å². The molecule has 1 heterocycles. The Morgan fingerprint density at radius 2 is 2.00 bits per heavy atom. The first kappa shape index (κ1) is 16.9. The Kier molecular flexibility index (Phi) is 5.90. The van der Waals surface area contributed by atoms with Crippen LogP contribution in [0.3, 0.4) is 0 Å². The van der Waals surface area contributed by atoms with E-state index in [0.29, 0.717) is 6.42 Å². The van der Waals surface area contributed by atoms with Crippen LogP contribution in [0.1, 0.15) is 12.5 Å². The molecule has 0 bridgehead atoms. The molecular weight excluding hydrogens is 288 g/mol. The van der Waals surface area contributed by atoms with Gasteiger partial charge in [0.15, 0.2) is 12.4 Å². The first-order chi connectivity index (χ1) is 10.6. The molecule has 5 atom stereocenters. The number of carbonyl (C=O) groups is 1. The molecule has 22 heavy (non-hydrogen) atoms. The van der Waals surface area contributed by atoms with Crippen molar-refractivity contribution in [3.8, 4) is 0 Å². The number of hydrogen-bond acceptors (Lipinski definition) is 6. The molecule has 1 aliphatic rings. The van der Waals surface area contributed by atoms with Crippen LogP contribution in [0.4, 0.5) is 0 Å². The monoisotopic (exact) mass is 310 g/mol. The second-order valence-electron chi connectivity index (χ2n) is 5.42. The van der Waals surface area contributed by atoms with E-state index in [1.165, 1.54) is 7.11 Å². The molecule has 0 spiro atoms. The van der Waals surface area contributed by atoms with Gasteiger partial charge in [0.2, 0.25) is 0 Å². The van der Waals surface area contributed by atoms with Gasteiger partial charge in [-0.1, -0.05) is 37.3 Å². The minimum absolute atomic E-state index is 0.330. The van der Waals surface area contributed by atoms with Gasteiger partial charge in [-0.25, -0.2) is 4.79 Å². The standard InChI is InChI=1S/C16H22O6/c1-10-14(18)16(19)22-15(10)12(9-17)21-13(20-2)8-11-6-4-3-5-7-11/h3-7,10,12-15,17-18H,8-9H2,1-2H3. The summed E-state index contributed by atoms with van der Waals surface area (Å²) in [6, 6.07) is 9.66. The van der Waals surface area contributed by atoms with Gasteiger partial charge in [0, 0.05) is 19.4 Å². The van der Waals surface area contributed by atoms with Crippen molar-refractivity contribution in [1.82, 2.24) is 0 Å². The third-order valence-corrected chi connectivity index (χ3v) is 3.89. The fraction of sp³-hybridized carbons (Fsp3) is 0.562. The molecule has 1 fully saturated rings. The van der Waals surface area contributed by atoms with Crippen molar-refractivity contribution < 1.29 is 29.2 Å². The van der Waals surface area contributed by atoms with E-state index in [2.05, 4.69) is 0 Å². The van der Waals surface area contributed by atoms with E-state index in [-0.39, 0.29) is 6.61 Å². The van der Waals surface area contributed by atoms with Gasteiger partial charge < -0.3 is 24.4 Å². The molecule has 2 N–H and O–H groups in total. The highest BCUT2D eigenvalue weighted by molar-refractivity contribution is 5.77. The largest absolute Gasteiger partial charge is 0.457 e. The lowest BCUT2D eigenvalue weighted by atomic mass is 9.97. The van der Waals surface area contributed by atoms with Crippen LogP contribution in [0.2, 0.25) is 0 Å². The van der Waals surface area contributed by atoms with Gasteiger partial charge in [0.05, 0.1) is 6.61 Å². The lowest BCUT2D eigenvalue weighted by Crippen LogP contribution is -2.40. The van der Waals surface area contributed by atoms with E-state index in [1.54, 1.807) is 6.92 Å². The normalized spacial score (nSPS) is 27.5. The molecule has 0 aromatic heterocycles. The number of cyclic esters (lactones) is 1. The van der Waals surface area contributed by atoms with Crippen molar-refractivity contribution in [3.63, 3.8) is 0 Å². The average molecular weight is 310 g/mol. The highest BCUT2D eigenvalue weighted by Gasteiger charge is 2.45. The first-order valence-corrected chi connectivity index (χ1v) is 7.28. The molecular formula is C16H22O6. The third kappa shape index (κ3) is 3.84. The number of carbonyl (C=O) groups excluding carboxylic acids is 1. The van der Waals surface area contributed by atoms with E-state index in [1.807, 2.05) is 30.3 Å². The van der Waals surface area contributed by atoms with Gasteiger partial charge in [0.1, 0.15) is 12.2 Å². The van der Waals surface area contributed by atoms with Crippen LogP contribution in [0.25, 0.3) is 0 Å².